The number of benzene rings is 2. The SMILES string of the molecule is CC1=CNN2CCN(c3cc(C)c(-c4ncc5cc(C(F)(F)F)cc(C)c5n4)cc3F)C=C12. The van der Waals surface area contributed by atoms with Crippen LogP contribution in [0.25, 0.3) is 22.3 Å². The summed E-state index contributed by atoms with van der Waals surface area (Å²) in [7, 11) is 0. The van der Waals surface area contributed by atoms with Crippen molar-refractivity contribution >= 4 is 16.6 Å². The monoisotopic (exact) mass is 455 g/mol. The molecule has 0 fully saturated rings. The van der Waals surface area contributed by atoms with Gasteiger partial charge in [-0.05, 0) is 61.7 Å². The third-order valence-electron chi connectivity index (χ3n) is 6.02. The maximum absolute atomic E-state index is 15.2. The average Bonchev–Trinajstić information content (AvgIpc) is 3.14. The highest BCUT2D eigenvalue weighted by Gasteiger charge is 2.31. The summed E-state index contributed by atoms with van der Waals surface area (Å²) >= 11 is 0. The molecule has 2 aliphatic rings. The van der Waals surface area contributed by atoms with E-state index in [0.717, 1.165) is 29.0 Å². The van der Waals surface area contributed by atoms with Crippen LogP contribution in [0.4, 0.5) is 23.2 Å². The van der Waals surface area contributed by atoms with Gasteiger partial charge in [-0.15, -0.1) is 0 Å². The van der Waals surface area contributed by atoms with E-state index in [1.807, 2.05) is 36.2 Å². The van der Waals surface area contributed by atoms with Gasteiger partial charge in [-0.3, -0.25) is 5.01 Å². The van der Waals surface area contributed by atoms with Gasteiger partial charge >= 0.3 is 6.18 Å². The van der Waals surface area contributed by atoms with E-state index in [4.69, 9.17) is 0 Å². The zero-order valence-electron chi connectivity index (χ0n) is 18.3. The van der Waals surface area contributed by atoms with Gasteiger partial charge in [0, 0.05) is 36.1 Å². The molecule has 0 spiro atoms. The Labute approximate surface area is 188 Å². The summed E-state index contributed by atoms with van der Waals surface area (Å²) in [5.41, 5.74) is 7.02. The molecule has 1 aromatic heterocycles. The normalized spacial score (nSPS) is 16.0. The van der Waals surface area contributed by atoms with Crippen molar-refractivity contribution < 1.29 is 17.6 Å². The third-order valence-corrected chi connectivity index (χ3v) is 6.02. The Hall–Kier alpha value is -3.62. The highest BCUT2D eigenvalue weighted by molar-refractivity contribution is 5.84. The molecule has 5 rings (SSSR count). The van der Waals surface area contributed by atoms with Crippen LogP contribution in [-0.2, 0) is 6.18 Å². The summed E-state index contributed by atoms with van der Waals surface area (Å²) in [6, 6.07) is 5.25. The first-order valence-corrected chi connectivity index (χ1v) is 10.5. The summed E-state index contributed by atoms with van der Waals surface area (Å²) in [6.45, 7) is 6.72. The van der Waals surface area contributed by atoms with Gasteiger partial charge in [0.15, 0.2) is 5.82 Å². The lowest BCUT2D eigenvalue weighted by Crippen LogP contribution is -2.41. The Morgan fingerprint density at radius 1 is 1.00 bits per heavy atom. The van der Waals surface area contributed by atoms with E-state index in [2.05, 4.69) is 15.4 Å². The second-order valence-corrected chi connectivity index (χ2v) is 8.36. The molecule has 5 nitrogen and oxygen atoms in total. The standard InChI is InChI=1S/C24H21F4N5/c1-13-7-20(32-4-5-33-21(12-32)15(3)10-30-33)19(25)9-18(13)23-29-11-16-8-17(24(26,27)28)6-14(2)22(16)31-23/h6-12,30H,4-5H2,1-3H3. The number of aromatic nitrogens is 2. The lowest BCUT2D eigenvalue weighted by Gasteiger charge is -2.33. The van der Waals surface area contributed by atoms with E-state index >= 15 is 4.39 Å². The molecular formula is C24H21F4N5. The van der Waals surface area contributed by atoms with Gasteiger partial charge in [-0.2, -0.15) is 13.2 Å². The predicted octanol–water partition coefficient (Wildman–Crippen LogP) is 5.46. The van der Waals surface area contributed by atoms with E-state index in [0.29, 0.717) is 40.8 Å². The first kappa shape index (κ1) is 21.2. The smallest absolute Gasteiger partial charge is 0.342 e. The Morgan fingerprint density at radius 2 is 1.79 bits per heavy atom. The fourth-order valence-electron chi connectivity index (χ4n) is 4.24. The lowest BCUT2D eigenvalue weighted by molar-refractivity contribution is -0.137. The van der Waals surface area contributed by atoms with Crippen molar-refractivity contribution in [1.29, 1.82) is 0 Å². The molecule has 0 radical (unpaired) electrons. The van der Waals surface area contributed by atoms with Crippen molar-refractivity contribution in [2.75, 3.05) is 18.0 Å². The van der Waals surface area contributed by atoms with Crippen molar-refractivity contribution in [3.05, 3.63) is 76.6 Å². The number of hydrogen-bond acceptors (Lipinski definition) is 5. The minimum absolute atomic E-state index is 0.273. The molecule has 1 N–H and O–H groups in total. The number of alkyl halides is 3. The second-order valence-electron chi connectivity index (χ2n) is 8.36. The largest absolute Gasteiger partial charge is 0.416 e. The Balaban J connectivity index is 1.53. The van der Waals surface area contributed by atoms with Crippen LogP contribution in [-0.4, -0.2) is 28.1 Å². The highest BCUT2D eigenvalue weighted by atomic mass is 19.4. The number of nitrogens with zero attached hydrogens (tertiary/aromatic N) is 4. The molecular weight excluding hydrogens is 434 g/mol. The molecule has 0 amide bonds. The summed E-state index contributed by atoms with van der Waals surface area (Å²) in [6.07, 6.45) is 0.742. The highest BCUT2D eigenvalue weighted by Crippen LogP contribution is 2.35. The predicted molar refractivity (Wildman–Crippen MR) is 118 cm³/mol. The quantitative estimate of drug-likeness (QED) is 0.520. The number of allylic oxidation sites excluding steroid dienone is 1. The topological polar surface area (TPSA) is 44.3 Å². The lowest BCUT2D eigenvalue weighted by atomic mass is 10.0. The Bertz CT molecular complexity index is 1340. The van der Waals surface area contributed by atoms with Gasteiger partial charge in [0.2, 0.25) is 0 Å². The maximum Gasteiger partial charge on any atom is 0.416 e. The van der Waals surface area contributed by atoms with Crippen LogP contribution in [0.1, 0.15) is 23.6 Å². The number of hydrogen-bond donors (Lipinski definition) is 1. The molecule has 2 aliphatic heterocycles. The minimum Gasteiger partial charge on any atom is -0.342 e. The van der Waals surface area contributed by atoms with E-state index in [-0.39, 0.29) is 5.82 Å². The van der Waals surface area contributed by atoms with E-state index in [1.54, 1.807) is 13.0 Å². The molecule has 0 atom stereocenters. The van der Waals surface area contributed by atoms with Gasteiger partial charge in [0.05, 0.1) is 29.0 Å². The molecule has 0 saturated heterocycles. The number of fused-ring (bicyclic) bond motifs is 2. The van der Waals surface area contributed by atoms with Gasteiger partial charge in [0.1, 0.15) is 5.82 Å². The van der Waals surface area contributed by atoms with Gasteiger partial charge in [-0.1, -0.05) is 0 Å². The van der Waals surface area contributed by atoms with Crippen LogP contribution in [0.5, 0.6) is 0 Å². The summed E-state index contributed by atoms with van der Waals surface area (Å²) in [4.78, 5) is 10.6. The van der Waals surface area contributed by atoms with Crippen LogP contribution in [0.2, 0.25) is 0 Å². The number of nitrogens with one attached hydrogen (secondary N) is 1. The zero-order valence-corrected chi connectivity index (χ0v) is 18.3. The fourth-order valence-corrected chi connectivity index (χ4v) is 4.24. The van der Waals surface area contributed by atoms with Crippen molar-refractivity contribution in [1.82, 2.24) is 20.4 Å². The van der Waals surface area contributed by atoms with Crippen LogP contribution in [0, 0.1) is 19.7 Å². The van der Waals surface area contributed by atoms with Crippen molar-refractivity contribution in [2.24, 2.45) is 0 Å². The molecule has 0 bridgehead atoms. The number of aryl methyl sites for hydroxylation is 2. The van der Waals surface area contributed by atoms with Crippen molar-refractivity contribution in [3.63, 3.8) is 0 Å². The fraction of sp³-hybridized carbons (Fsp3) is 0.250. The number of halogens is 4. The molecule has 3 aromatic rings. The van der Waals surface area contributed by atoms with Crippen molar-refractivity contribution in [3.8, 4) is 11.4 Å². The number of anilines is 1. The minimum atomic E-state index is -4.45. The van der Waals surface area contributed by atoms with Crippen molar-refractivity contribution in [2.45, 2.75) is 26.9 Å². The maximum atomic E-state index is 15.2. The molecule has 9 heteroatoms. The third kappa shape index (κ3) is 3.67. The van der Waals surface area contributed by atoms with Crippen LogP contribution in [0.15, 0.2) is 54.1 Å². The summed E-state index contributed by atoms with van der Waals surface area (Å²) in [5, 5.41) is 2.30. The molecule has 170 valence electrons. The Morgan fingerprint density at radius 3 is 2.55 bits per heavy atom. The zero-order chi connectivity index (χ0) is 23.5. The average molecular weight is 455 g/mol. The molecule has 2 aromatic carbocycles. The first-order chi connectivity index (χ1) is 15.6. The van der Waals surface area contributed by atoms with Gasteiger partial charge in [0.25, 0.3) is 0 Å². The molecule has 3 heterocycles. The second kappa shape index (κ2) is 7.47. The summed E-state index contributed by atoms with van der Waals surface area (Å²) < 4.78 is 54.6. The molecule has 33 heavy (non-hydrogen) atoms. The van der Waals surface area contributed by atoms with Crippen LogP contribution >= 0.6 is 0 Å². The van der Waals surface area contributed by atoms with Crippen LogP contribution in [0.3, 0.4) is 0 Å². The number of rotatable bonds is 2. The molecule has 0 aliphatic carbocycles. The molecule has 0 unspecified atom stereocenters. The van der Waals surface area contributed by atoms with E-state index < -0.39 is 17.6 Å². The Kier molecular flexibility index (Phi) is 4.81. The van der Waals surface area contributed by atoms with E-state index in [1.165, 1.54) is 12.3 Å². The molecule has 0 saturated carbocycles. The summed E-state index contributed by atoms with van der Waals surface area (Å²) in [5.74, 6) is -0.142. The first-order valence-electron chi connectivity index (χ1n) is 10.5. The van der Waals surface area contributed by atoms with Gasteiger partial charge < -0.3 is 10.3 Å². The number of hydrazine groups is 1. The van der Waals surface area contributed by atoms with Crippen LogP contribution < -0.4 is 10.3 Å². The van der Waals surface area contributed by atoms with E-state index in [9.17, 15) is 13.2 Å². The van der Waals surface area contributed by atoms with Gasteiger partial charge in [-0.25, -0.2) is 14.4 Å².